The Morgan fingerprint density at radius 1 is 1.18 bits per heavy atom. The number of carbonyl (C=O) groups is 2. The summed E-state index contributed by atoms with van der Waals surface area (Å²) in [4.78, 5) is 23.7. The van der Waals surface area contributed by atoms with E-state index in [-0.39, 0.29) is 5.57 Å². The highest BCUT2D eigenvalue weighted by Crippen LogP contribution is 2.23. The van der Waals surface area contributed by atoms with Gasteiger partial charge in [-0.25, -0.2) is 9.59 Å². The molecule has 0 bridgehead atoms. The standard InChI is InChI=1S/C16H18N2O4/c1-16(2)21-14(19)13(15(20)22-16)9-18-12-4-3-11-8-17-6-5-10(11)7-12/h3-4,7,9,17-18H,5-6,8H2,1-2H3. The number of nitrogens with one attached hydrogen (secondary N) is 2. The number of esters is 2. The van der Waals surface area contributed by atoms with Gasteiger partial charge >= 0.3 is 11.9 Å². The van der Waals surface area contributed by atoms with Crippen molar-refractivity contribution in [1.29, 1.82) is 0 Å². The van der Waals surface area contributed by atoms with Crippen LogP contribution >= 0.6 is 0 Å². The summed E-state index contributed by atoms with van der Waals surface area (Å²) in [5.74, 6) is -2.59. The third-order valence-electron chi connectivity index (χ3n) is 3.59. The largest absolute Gasteiger partial charge is 0.419 e. The van der Waals surface area contributed by atoms with Gasteiger partial charge in [-0.1, -0.05) is 6.07 Å². The maximum absolute atomic E-state index is 11.8. The van der Waals surface area contributed by atoms with Crippen LogP contribution in [0.3, 0.4) is 0 Å². The minimum atomic E-state index is -1.22. The van der Waals surface area contributed by atoms with E-state index in [1.807, 2.05) is 18.2 Å². The summed E-state index contributed by atoms with van der Waals surface area (Å²) in [5, 5.41) is 6.28. The molecule has 6 nitrogen and oxygen atoms in total. The molecule has 2 heterocycles. The molecule has 0 atom stereocenters. The van der Waals surface area contributed by atoms with E-state index in [0.717, 1.165) is 25.2 Å². The van der Waals surface area contributed by atoms with Gasteiger partial charge in [0, 0.05) is 32.3 Å². The van der Waals surface area contributed by atoms with Gasteiger partial charge < -0.3 is 20.1 Å². The van der Waals surface area contributed by atoms with Crippen molar-refractivity contribution >= 4 is 17.6 Å². The Hall–Kier alpha value is -2.34. The van der Waals surface area contributed by atoms with Gasteiger partial charge in [-0.15, -0.1) is 0 Å². The van der Waals surface area contributed by atoms with Crippen LogP contribution in [-0.4, -0.2) is 24.3 Å². The predicted molar refractivity (Wildman–Crippen MR) is 79.8 cm³/mol. The van der Waals surface area contributed by atoms with Crippen LogP contribution in [0.4, 0.5) is 5.69 Å². The molecule has 0 radical (unpaired) electrons. The van der Waals surface area contributed by atoms with E-state index in [0.29, 0.717) is 0 Å². The smallest absolute Gasteiger partial charge is 0.350 e. The first-order chi connectivity index (χ1) is 10.4. The molecule has 116 valence electrons. The summed E-state index contributed by atoms with van der Waals surface area (Å²) in [6.07, 6.45) is 2.29. The minimum absolute atomic E-state index is 0.140. The number of ether oxygens (including phenoxy) is 2. The van der Waals surface area contributed by atoms with Crippen LogP contribution < -0.4 is 10.6 Å². The monoisotopic (exact) mass is 302 g/mol. The van der Waals surface area contributed by atoms with Gasteiger partial charge in [-0.05, 0) is 36.2 Å². The molecule has 22 heavy (non-hydrogen) atoms. The van der Waals surface area contributed by atoms with Crippen LogP contribution in [0.1, 0.15) is 25.0 Å². The second-order valence-electron chi connectivity index (χ2n) is 5.79. The van der Waals surface area contributed by atoms with E-state index in [4.69, 9.17) is 9.47 Å². The topological polar surface area (TPSA) is 76.7 Å². The number of rotatable bonds is 2. The van der Waals surface area contributed by atoms with Crippen LogP contribution in [0.2, 0.25) is 0 Å². The van der Waals surface area contributed by atoms with Gasteiger partial charge in [-0.2, -0.15) is 0 Å². The van der Waals surface area contributed by atoms with Crippen LogP contribution in [0.5, 0.6) is 0 Å². The first kappa shape index (κ1) is 14.6. The highest BCUT2D eigenvalue weighted by atomic mass is 16.7. The van der Waals surface area contributed by atoms with Crippen molar-refractivity contribution in [2.75, 3.05) is 11.9 Å². The van der Waals surface area contributed by atoms with Crippen LogP contribution in [0, 0.1) is 0 Å². The Kier molecular flexibility index (Phi) is 3.62. The molecule has 1 aromatic rings. The zero-order valence-electron chi connectivity index (χ0n) is 12.6. The van der Waals surface area contributed by atoms with Gasteiger partial charge in [0.2, 0.25) is 0 Å². The summed E-state index contributed by atoms with van der Waals surface area (Å²) in [6.45, 7) is 4.85. The lowest BCUT2D eigenvalue weighted by atomic mass is 10.0. The Bertz CT molecular complexity index is 642. The molecule has 1 fully saturated rings. The lowest BCUT2D eigenvalue weighted by Gasteiger charge is -2.29. The van der Waals surface area contributed by atoms with Gasteiger partial charge in [0.25, 0.3) is 5.79 Å². The van der Waals surface area contributed by atoms with E-state index in [9.17, 15) is 9.59 Å². The molecular formula is C16H18N2O4. The first-order valence-electron chi connectivity index (χ1n) is 7.20. The van der Waals surface area contributed by atoms with E-state index >= 15 is 0 Å². The minimum Gasteiger partial charge on any atom is -0.419 e. The second kappa shape index (κ2) is 5.46. The first-order valence-corrected chi connectivity index (χ1v) is 7.20. The zero-order valence-corrected chi connectivity index (χ0v) is 12.6. The normalized spacial score (nSPS) is 19.8. The van der Waals surface area contributed by atoms with Crippen molar-refractivity contribution in [2.45, 2.75) is 32.6 Å². The van der Waals surface area contributed by atoms with Crippen molar-refractivity contribution in [3.8, 4) is 0 Å². The summed E-state index contributed by atoms with van der Waals surface area (Å²) in [5.41, 5.74) is 3.21. The number of hydrogen-bond donors (Lipinski definition) is 2. The zero-order chi connectivity index (χ0) is 15.7. The molecule has 0 amide bonds. The van der Waals surface area contributed by atoms with Crippen molar-refractivity contribution < 1.29 is 19.1 Å². The summed E-state index contributed by atoms with van der Waals surface area (Å²) in [7, 11) is 0. The number of benzene rings is 1. The Balaban J connectivity index is 1.76. The van der Waals surface area contributed by atoms with Gasteiger partial charge in [0.05, 0.1) is 0 Å². The maximum Gasteiger partial charge on any atom is 0.350 e. The maximum atomic E-state index is 11.8. The Morgan fingerprint density at radius 2 is 1.91 bits per heavy atom. The van der Waals surface area contributed by atoms with Crippen molar-refractivity contribution in [1.82, 2.24) is 5.32 Å². The van der Waals surface area contributed by atoms with Crippen molar-refractivity contribution in [3.05, 3.63) is 41.1 Å². The summed E-state index contributed by atoms with van der Waals surface area (Å²) in [6, 6.07) is 5.96. The third kappa shape index (κ3) is 2.96. The fraction of sp³-hybridized carbons (Fsp3) is 0.375. The number of hydrogen-bond acceptors (Lipinski definition) is 6. The number of carbonyl (C=O) groups excluding carboxylic acids is 2. The molecule has 0 aromatic heterocycles. The molecule has 2 N–H and O–H groups in total. The van der Waals surface area contributed by atoms with E-state index in [1.54, 1.807) is 0 Å². The van der Waals surface area contributed by atoms with Gasteiger partial charge in [0.15, 0.2) is 5.57 Å². The van der Waals surface area contributed by atoms with E-state index in [1.165, 1.54) is 31.2 Å². The third-order valence-corrected chi connectivity index (χ3v) is 3.59. The number of fused-ring (bicyclic) bond motifs is 1. The fourth-order valence-electron chi connectivity index (χ4n) is 2.50. The van der Waals surface area contributed by atoms with Crippen molar-refractivity contribution in [2.24, 2.45) is 0 Å². The molecule has 6 heteroatoms. The number of cyclic esters (lactones) is 2. The average Bonchev–Trinajstić information content (AvgIpc) is 2.45. The van der Waals surface area contributed by atoms with Crippen LogP contribution in [0.25, 0.3) is 0 Å². The van der Waals surface area contributed by atoms with E-state index < -0.39 is 17.7 Å². The average molecular weight is 302 g/mol. The SMILES string of the molecule is CC1(C)OC(=O)C(=CNc2ccc3c(c2)CCNC3)C(=O)O1. The molecule has 0 saturated carbocycles. The lowest BCUT2D eigenvalue weighted by Crippen LogP contribution is -2.42. The summed E-state index contributed by atoms with van der Waals surface area (Å²) < 4.78 is 10.1. The highest BCUT2D eigenvalue weighted by Gasteiger charge is 2.38. The lowest BCUT2D eigenvalue weighted by molar-refractivity contribution is -0.222. The van der Waals surface area contributed by atoms with Crippen molar-refractivity contribution in [3.63, 3.8) is 0 Å². The molecule has 2 aliphatic heterocycles. The second-order valence-corrected chi connectivity index (χ2v) is 5.79. The predicted octanol–water partition coefficient (Wildman–Crippen LogP) is 1.46. The Labute approximate surface area is 128 Å². The van der Waals surface area contributed by atoms with Crippen LogP contribution in [-0.2, 0) is 32.0 Å². The fourth-order valence-corrected chi connectivity index (χ4v) is 2.50. The summed E-state index contributed by atoms with van der Waals surface area (Å²) >= 11 is 0. The van der Waals surface area contributed by atoms with Gasteiger partial charge in [-0.3, -0.25) is 0 Å². The van der Waals surface area contributed by atoms with Crippen LogP contribution in [0.15, 0.2) is 30.0 Å². The highest BCUT2D eigenvalue weighted by molar-refractivity contribution is 6.15. The quantitative estimate of drug-likeness (QED) is 0.489. The molecule has 0 spiro atoms. The molecule has 1 saturated heterocycles. The van der Waals surface area contributed by atoms with Gasteiger partial charge in [0.1, 0.15) is 0 Å². The Morgan fingerprint density at radius 3 is 2.64 bits per heavy atom. The molecule has 2 aliphatic rings. The molecule has 0 unspecified atom stereocenters. The molecule has 0 aliphatic carbocycles. The molecule has 1 aromatic carbocycles. The van der Waals surface area contributed by atoms with E-state index in [2.05, 4.69) is 10.6 Å². The number of anilines is 1. The molecular weight excluding hydrogens is 284 g/mol. The molecule has 3 rings (SSSR count).